The maximum absolute atomic E-state index is 12.5. The normalized spacial score (nSPS) is 15.4. The average Bonchev–Trinajstić information content (AvgIpc) is 3.14. The van der Waals surface area contributed by atoms with Crippen LogP contribution in [0.2, 0.25) is 0 Å². The molecule has 0 radical (unpaired) electrons. The highest BCUT2D eigenvalue weighted by Crippen LogP contribution is 2.43. The number of ether oxygens (including phenoxy) is 2. The lowest BCUT2D eigenvalue weighted by Crippen LogP contribution is -2.28. The third-order valence-electron chi connectivity index (χ3n) is 8.24. The Bertz CT molecular complexity index is 1090. The first kappa shape index (κ1) is 51.9. The zero-order valence-corrected chi connectivity index (χ0v) is 34.5. The lowest BCUT2D eigenvalue weighted by molar-refractivity contribution is -0.154. The number of phosphoric ester groups is 1. The Morgan fingerprint density at radius 1 is 0.685 bits per heavy atom. The van der Waals surface area contributed by atoms with Gasteiger partial charge in [-0.1, -0.05) is 163 Å². The molecule has 0 aliphatic carbocycles. The number of nitrogens with two attached hydrogens (primary N) is 1. The maximum Gasteiger partial charge on any atom is 0.472 e. The molecule has 4 unspecified atom stereocenters. The summed E-state index contributed by atoms with van der Waals surface area (Å²) in [7, 11) is -4.32. The van der Waals surface area contributed by atoms with Gasteiger partial charge >= 0.3 is 13.8 Å². The summed E-state index contributed by atoms with van der Waals surface area (Å²) in [6.07, 6.45) is 42.4. The lowest BCUT2D eigenvalue weighted by atomic mass is 10.0. The van der Waals surface area contributed by atoms with Gasteiger partial charge < -0.3 is 30.3 Å². The van der Waals surface area contributed by atoms with Gasteiger partial charge in [0.15, 0.2) is 0 Å². The van der Waals surface area contributed by atoms with Crippen LogP contribution in [-0.4, -0.2) is 72.4 Å². The molecule has 0 bridgehead atoms. The Kier molecular flexibility index (Phi) is 37.6. The lowest BCUT2D eigenvalue weighted by Gasteiger charge is -2.20. The third-order valence-corrected chi connectivity index (χ3v) is 9.23. The van der Waals surface area contributed by atoms with E-state index in [1.165, 1.54) is 77.0 Å². The van der Waals surface area contributed by atoms with Crippen LogP contribution in [-0.2, 0) is 27.9 Å². The Morgan fingerprint density at radius 3 is 1.89 bits per heavy atom. The first-order chi connectivity index (χ1) is 26.2. The maximum atomic E-state index is 12.5. The second-order valence-corrected chi connectivity index (χ2v) is 15.1. The molecule has 0 aromatic carbocycles. The van der Waals surface area contributed by atoms with Gasteiger partial charge in [0, 0.05) is 19.6 Å². The quantitative estimate of drug-likeness (QED) is 0.0156. The van der Waals surface area contributed by atoms with Gasteiger partial charge in [0.2, 0.25) is 0 Å². The summed E-state index contributed by atoms with van der Waals surface area (Å²) >= 11 is 0. The fraction of sp³-hybridized carbons (Fsp3) is 0.698. The predicted octanol–water partition coefficient (Wildman–Crippen LogP) is 9.91. The molecule has 0 aromatic rings. The van der Waals surface area contributed by atoms with Crippen LogP contribution in [0.5, 0.6) is 0 Å². The van der Waals surface area contributed by atoms with E-state index in [0.29, 0.717) is 19.4 Å². The molecule has 0 spiro atoms. The summed E-state index contributed by atoms with van der Waals surface area (Å²) in [6.45, 7) is 4.17. The van der Waals surface area contributed by atoms with Gasteiger partial charge in [0.25, 0.3) is 0 Å². The van der Waals surface area contributed by atoms with Crippen LogP contribution in [0.25, 0.3) is 0 Å². The van der Waals surface area contributed by atoms with E-state index in [9.17, 15) is 24.5 Å². The molecule has 0 saturated heterocycles. The van der Waals surface area contributed by atoms with Crippen molar-refractivity contribution in [1.82, 2.24) is 0 Å². The molecule has 0 saturated carbocycles. The summed E-state index contributed by atoms with van der Waals surface area (Å²) < 4.78 is 33.2. The van der Waals surface area contributed by atoms with Gasteiger partial charge in [-0.15, -0.1) is 0 Å². The minimum Gasteiger partial charge on any atom is -0.457 e. The van der Waals surface area contributed by atoms with Gasteiger partial charge in [-0.05, 0) is 45.4 Å². The van der Waals surface area contributed by atoms with Crippen molar-refractivity contribution in [2.45, 2.75) is 161 Å². The van der Waals surface area contributed by atoms with Crippen LogP contribution in [0.4, 0.5) is 0 Å². The predicted molar refractivity (Wildman–Crippen MR) is 222 cm³/mol. The van der Waals surface area contributed by atoms with E-state index in [1.54, 1.807) is 19.1 Å². The number of rotatable bonds is 38. The molecule has 11 heteroatoms. The molecule has 0 rings (SSSR count). The SMILES string of the molecule is CCCCCCCCCCCCCCCCOCC(COP(=O)(O)OCCN)OC(=O)CC/C=C/C/C=C/C/C=C/C=C\C(O)C/C=C/C/C=C\C(C)O. The van der Waals surface area contributed by atoms with E-state index in [4.69, 9.17) is 24.3 Å². The number of unbranched alkanes of at least 4 members (excludes halogenated alkanes) is 13. The number of esters is 1. The molecule has 312 valence electrons. The second kappa shape index (κ2) is 39.1. The van der Waals surface area contributed by atoms with Crippen LogP contribution < -0.4 is 5.73 Å². The van der Waals surface area contributed by atoms with Crippen molar-refractivity contribution >= 4 is 13.8 Å². The number of allylic oxidation sites excluding steroid dienone is 9. The Labute approximate surface area is 328 Å². The van der Waals surface area contributed by atoms with Crippen molar-refractivity contribution in [1.29, 1.82) is 0 Å². The van der Waals surface area contributed by atoms with Crippen molar-refractivity contribution in [3.8, 4) is 0 Å². The van der Waals surface area contributed by atoms with Gasteiger partial charge in [-0.2, -0.15) is 0 Å². The monoisotopic (exact) mass is 782 g/mol. The minimum absolute atomic E-state index is 0.0636. The van der Waals surface area contributed by atoms with E-state index in [-0.39, 0.29) is 32.8 Å². The highest BCUT2D eigenvalue weighted by molar-refractivity contribution is 7.47. The van der Waals surface area contributed by atoms with E-state index in [0.717, 1.165) is 32.1 Å². The Balaban J connectivity index is 4.28. The molecule has 0 heterocycles. The van der Waals surface area contributed by atoms with Gasteiger partial charge in [0.1, 0.15) is 6.10 Å². The third kappa shape index (κ3) is 39.6. The largest absolute Gasteiger partial charge is 0.472 e. The van der Waals surface area contributed by atoms with Crippen molar-refractivity contribution in [3.63, 3.8) is 0 Å². The van der Waals surface area contributed by atoms with E-state index < -0.39 is 32.1 Å². The molecule has 5 N–H and O–H groups in total. The molecular formula is C43H76NO9P. The molecule has 0 aliphatic rings. The Morgan fingerprint density at radius 2 is 1.26 bits per heavy atom. The standard InChI is InChI=1S/C43H76NO9P/c1-3-4-5-6-7-8-9-10-11-14-17-20-25-30-36-50-38-42(39-52-54(48,49)51-37-35-44)53-43(47)34-29-22-19-16-13-12-15-18-21-27-32-41(46)33-28-24-23-26-31-40(2)45/h12-13,18-19,21-22,24,26-28,31-32,40-42,45-46H,3-11,14-17,20,23,25,29-30,33-39,44H2,1-2H3,(H,48,49)/b13-12+,21-18+,22-19+,28-24+,31-26-,32-27-. The summed E-state index contributed by atoms with van der Waals surface area (Å²) in [5, 5.41) is 19.2. The number of carbonyl (C=O) groups is 1. The highest BCUT2D eigenvalue weighted by Gasteiger charge is 2.25. The first-order valence-corrected chi connectivity index (χ1v) is 22.1. The molecule has 0 fully saturated rings. The smallest absolute Gasteiger partial charge is 0.457 e. The molecule has 10 nitrogen and oxygen atoms in total. The second-order valence-electron chi connectivity index (χ2n) is 13.6. The molecule has 4 atom stereocenters. The number of hydrogen-bond donors (Lipinski definition) is 4. The van der Waals surface area contributed by atoms with Crippen LogP contribution >= 0.6 is 7.82 Å². The molecule has 0 aliphatic heterocycles. The fourth-order valence-electron chi connectivity index (χ4n) is 5.24. The van der Waals surface area contributed by atoms with Crippen molar-refractivity contribution in [3.05, 3.63) is 72.9 Å². The molecule has 54 heavy (non-hydrogen) atoms. The van der Waals surface area contributed by atoms with Gasteiger partial charge in [-0.25, -0.2) is 4.57 Å². The summed E-state index contributed by atoms with van der Waals surface area (Å²) in [4.78, 5) is 22.4. The first-order valence-electron chi connectivity index (χ1n) is 20.6. The van der Waals surface area contributed by atoms with Crippen LogP contribution in [0.15, 0.2) is 72.9 Å². The molecule has 0 aromatic heterocycles. The molecule has 0 amide bonds. The molecular weight excluding hydrogens is 705 g/mol. The number of hydrogen-bond acceptors (Lipinski definition) is 9. The van der Waals surface area contributed by atoms with E-state index >= 15 is 0 Å². The number of carbonyl (C=O) groups excluding carboxylic acids is 1. The van der Waals surface area contributed by atoms with Crippen LogP contribution in [0.3, 0.4) is 0 Å². The zero-order chi connectivity index (χ0) is 39.8. The van der Waals surface area contributed by atoms with Crippen LogP contribution in [0, 0.1) is 0 Å². The van der Waals surface area contributed by atoms with E-state index in [1.807, 2.05) is 60.8 Å². The average molecular weight is 782 g/mol. The van der Waals surface area contributed by atoms with Crippen molar-refractivity contribution in [2.75, 3.05) is 33.0 Å². The minimum atomic E-state index is -4.32. The Hall–Kier alpha value is -2.14. The van der Waals surface area contributed by atoms with Crippen molar-refractivity contribution < 1.29 is 43.0 Å². The zero-order valence-electron chi connectivity index (χ0n) is 33.7. The highest BCUT2D eigenvalue weighted by atomic mass is 31.2. The van der Waals surface area contributed by atoms with Crippen LogP contribution in [0.1, 0.15) is 142 Å². The topological polar surface area (TPSA) is 158 Å². The van der Waals surface area contributed by atoms with Gasteiger partial charge in [0.05, 0.1) is 32.0 Å². The van der Waals surface area contributed by atoms with Crippen molar-refractivity contribution in [2.24, 2.45) is 5.73 Å². The summed E-state index contributed by atoms with van der Waals surface area (Å²) in [5.74, 6) is -0.441. The number of phosphoric acid groups is 1. The number of aliphatic hydroxyl groups excluding tert-OH is 2. The van der Waals surface area contributed by atoms with E-state index in [2.05, 4.69) is 6.92 Å². The van der Waals surface area contributed by atoms with Gasteiger partial charge in [-0.3, -0.25) is 13.8 Å². The summed E-state index contributed by atoms with van der Waals surface area (Å²) in [6, 6.07) is 0. The fourth-order valence-corrected chi connectivity index (χ4v) is 6.00. The number of aliphatic hydroxyl groups is 2. The summed E-state index contributed by atoms with van der Waals surface area (Å²) in [5.41, 5.74) is 5.35.